The van der Waals surface area contributed by atoms with Crippen molar-refractivity contribution in [3.8, 4) is 5.88 Å². The molecule has 0 spiro atoms. The summed E-state index contributed by atoms with van der Waals surface area (Å²) in [4.78, 5) is 38.6. The van der Waals surface area contributed by atoms with E-state index in [0.717, 1.165) is 37.5 Å². The van der Waals surface area contributed by atoms with E-state index in [0.29, 0.717) is 68.7 Å². The molecule has 3 aliphatic rings. The summed E-state index contributed by atoms with van der Waals surface area (Å²) >= 11 is 6.15. The van der Waals surface area contributed by atoms with Crippen LogP contribution in [0.15, 0.2) is 29.2 Å². The molecule has 5 heterocycles. The summed E-state index contributed by atoms with van der Waals surface area (Å²) in [7, 11) is 0. The fourth-order valence-electron chi connectivity index (χ4n) is 7.16. The highest BCUT2D eigenvalue weighted by Gasteiger charge is 2.33. The van der Waals surface area contributed by atoms with Crippen LogP contribution in [0.3, 0.4) is 0 Å². The number of halogens is 4. The summed E-state index contributed by atoms with van der Waals surface area (Å²) in [6, 6.07) is 2.93. The maximum Gasteiger partial charge on any atom is 0.416 e. The Morgan fingerprint density at radius 1 is 1.08 bits per heavy atom. The number of benzene rings is 1. The number of alkyl halides is 3. The zero-order chi connectivity index (χ0) is 36.2. The van der Waals surface area contributed by atoms with Crippen molar-refractivity contribution in [2.45, 2.75) is 77.4 Å². The second-order valence-corrected chi connectivity index (χ2v) is 13.8. The molecule has 3 fully saturated rings. The number of hydrogen-bond acceptors (Lipinski definition) is 10. The van der Waals surface area contributed by atoms with Gasteiger partial charge in [0, 0.05) is 39.3 Å². The van der Waals surface area contributed by atoms with E-state index in [-0.39, 0.29) is 52.7 Å². The van der Waals surface area contributed by atoms with E-state index in [1.807, 2.05) is 35.5 Å². The monoisotopic (exact) mass is 732 g/mol. The zero-order valence-electron chi connectivity index (χ0n) is 28.5. The molecule has 2 saturated heterocycles. The first kappa shape index (κ1) is 34.9. The van der Waals surface area contributed by atoms with Crippen molar-refractivity contribution in [3.63, 3.8) is 0 Å². The number of nitrogens with zero attached hydrogens (tertiary/aromatic N) is 9. The molecule has 2 aliphatic heterocycles. The van der Waals surface area contributed by atoms with Gasteiger partial charge in [0.05, 0.1) is 46.4 Å². The number of carbonyl (C=O) groups is 1. The van der Waals surface area contributed by atoms with Crippen molar-refractivity contribution in [3.05, 3.63) is 51.0 Å². The number of amides is 1. The molecular weight excluding hydrogens is 693 g/mol. The highest BCUT2D eigenvalue weighted by Crippen LogP contribution is 2.38. The quantitative estimate of drug-likeness (QED) is 0.269. The molecule has 18 heteroatoms. The number of nitrogens with one attached hydrogen (secondary N) is 1. The molecule has 0 bridgehead atoms. The van der Waals surface area contributed by atoms with Crippen LogP contribution < -0.4 is 25.6 Å². The van der Waals surface area contributed by atoms with Gasteiger partial charge in [0.1, 0.15) is 17.9 Å². The van der Waals surface area contributed by atoms with Gasteiger partial charge in [-0.2, -0.15) is 27.8 Å². The minimum Gasteiger partial charge on any atom is -0.492 e. The number of piperazine rings is 1. The van der Waals surface area contributed by atoms with Crippen molar-refractivity contribution >= 4 is 46.3 Å². The van der Waals surface area contributed by atoms with Crippen molar-refractivity contribution in [2.75, 3.05) is 59.3 Å². The van der Waals surface area contributed by atoms with E-state index in [1.165, 1.54) is 4.52 Å². The summed E-state index contributed by atoms with van der Waals surface area (Å²) in [6.07, 6.45) is 0.339. The third kappa shape index (κ3) is 6.68. The van der Waals surface area contributed by atoms with Gasteiger partial charge >= 0.3 is 6.18 Å². The van der Waals surface area contributed by atoms with E-state index in [1.54, 1.807) is 15.4 Å². The van der Waals surface area contributed by atoms with Gasteiger partial charge in [-0.15, -0.1) is 5.10 Å². The third-order valence-electron chi connectivity index (χ3n) is 9.83. The Hall–Kier alpha value is -4.51. The first-order chi connectivity index (χ1) is 24.3. The molecule has 7 rings (SSSR count). The lowest BCUT2D eigenvalue weighted by molar-refractivity contribution is -0.137. The molecular formula is C33H40ClF3N10O4. The number of hydrogen-bond donors (Lipinski definition) is 2. The Balaban J connectivity index is 1.22. The standard InChI is InChI=1S/C33H40ClF3N10O4/c1-4-25-28(43-12-10-42(11-13-43)26-15-38-46(29(26)49)22-6-5-7-22)30(50)47-32(40-31(41-47)44-16-19(2)51-20(3)17-44)45(25)18-27(48)39-24-9-8-21(14-23(24)34)33(35,36)37/h8-9,14-15,19-20,22,49H,4-7,10-13,16-18H2,1-3H3,(H,39,48)/t19-,20+. The van der Waals surface area contributed by atoms with Crippen LogP contribution in [0.4, 0.5) is 36.2 Å². The molecule has 4 aromatic rings. The minimum atomic E-state index is -4.59. The third-order valence-corrected chi connectivity index (χ3v) is 10.1. The second-order valence-electron chi connectivity index (χ2n) is 13.4. The normalized spacial score (nSPS) is 20.3. The van der Waals surface area contributed by atoms with Gasteiger partial charge in [0.15, 0.2) is 0 Å². The highest BCUT2D eigenvalue weighted by molar-refractivity contribution is 6.33. The van der Waals surface area contributed by atoms with Crippen molar-refractivity contribution in [1.82, 2.24) is 28.9 Å². The zero-order valence-corrected chi connectivity index (χ0v) is 29.3. The first-order valence-corrected chi connectivity index (χ1v) is 17.6. The van der Waals surface area contributed by atoms with Crippen molar-refractivity contribution in [1.29, 1.82) is 0 Å². The Morgan fingerprint density at radius 2 is 1.76 bits per heavy atom. The van der Waals surface area contributed by atoms with E-state index in [9.17, 15) is 27.9 Å². The van der Waals surface area contributed by atoms with Gasteiger partial charge < -0.3 is 34.4 Å². The molecule has 1 saturated carbocycles. The summed E-state index contributed by atoms with van der Waals surface area (Å²) < 4.78 is 50.1. The number of anilines is 4. The van der Waals surface area contributed by atoms with Crippen LogP contribution >= 0.6 is 11.6 Å². The minimum absolute atomic E-state index is 0.0171. The fraction of sp³-hybridized carbons (Fsp3) is 0.545. The molecule has 0 radical (unpaired) electrons. The number of ether oxygens (including phenoxy) is 1. The molecule has 2 N–H and O–H groups in total. The molecule has 274 valence electrons. The number of aromatic nitrogens is 6. The van der Waals surface area contributed by atoms with Crippen LogP contribution in [-0.4, -0.2) is 91.4 Å². The lowest BCUT2D eigenvalue weighted by atomic mass is 9.93. The van der Waals surface area contributed by atoms with Crippen LogP contribution in [0.1, 0.15) is 57.3 Å². The lowest BCUT2D eigenvalue weighted by Crippen LogP contribution is -2.49. The van der Waals surface area contributed by atoms with Crippen LogP contribution in [-0.2, 0) is 28.7 Å². The van der Waals surface area contributed by atoms with Gasteiger partial charge in [-0.25, -0.2) is 4.68 Å². The Bertz CT molecular complexity index is 1990. The van der Waals surface area contributed by atoms with Crippen LogP contribution in [0.2, 0.25) is 5.02 Å². The Labute approximate surface area is 296 Å². The molecule has 1 aromatic carbocycles. The molecule has 14 nitrogen and oxygen atoms in total. The lowest BCUT2D eigenvalue weighted by Gasteiger charge is -2.37. The van der Waals surface area contributed by atoms with E-state index < -0.39 is 17.6 Å². The molecule has 3 aromatic heterocycles. The van der Waals surface area contributed by atoms with Gasteiger partial charge in [-0.1, -0.05) is 18.5 Å². The summed E-state index contributed by atoms with van der Waals surface area (Å²) in [5.74, 6) is 0.0390. The molecule has 51 heavy (non-hydrogen) atoms. The number of morpholine rings is 1. The van der Waals surface area contributed by atoms with E-state index in [2.05, 4.69) is 15.5 Å². The maximum atomic E-state index is 14.3. The van der Waals surface area contributed by atoms with Gasteiger partial charge in [-0.3, -0.25) is 9.59 Å². The van der Waals surface area contributed by atoms with Crippen LogP contribution in [0.5, 0.6) is 5.88 Å². The molecule has 1 aliphatic carbocycles. The average molecular weight is 733 g/mol. The number of fused-ring (bicyclic) bond motifs is 1. The predicted octanol–water partition coefficient (Wildman–Crippen LogP) is 4.33. The molecule has 2 atom stereocenters. The first-order valence-electron chi connectivity index (χ1n) is 17.2. The van der Waals surface area contributed by atoms with Gasteiger partial charge in [0.2, 0.25) is 23.5 Å². The summed E-state index contributed by atoms with van der Waals surface area (Å²) in [5.41, 5.74) is 0.279. The summed E-state index contributed by atoms with van der Waals surface area (Å²) in [6.45, 7) is 8.33. The smallest absolute Gasteiger partial charge is 0.416 e. The number of rotatable bonds is 8. The number of carbonyl (C=O) groups excluding carboxylic acids is 1. The van der Waals surface area contributed by atoms with Crippen LogP contribution in [0, 0.1) is 0 Å². The van der Waals surface area contributed by atoms with Crippen molar-refractivity contribution in [2.24, 2.45) is 0 Å². The average Bonchev–Trinajstić information content (AvgIpc) is 3.66. The largest absolute Gasteiger partial charge is 0.492 e. The SMILES string of the molecule is CCc1c(N2CCN(c3cnn(C4CCC4)c3O)CC2)c(=O)n2nc(N3C[C@@H](C)O[C@@H](C)C3)nc2n1CC(=O)Nc1ccc(C(F)(F)F)cc1Cl. The molecule has 1 amide bonds. The Kier molecular flexibility index (Phi) is 9.28. The van der Waals surface area contributed by atoms with E-state index in [4.69, 9.17) is 21.3 Å². The summed E-state index contributed by atoms with van der Waals surface area (Å²) in [5, 5.41) is 22.4. The van der Waals surface area contributed by atoms with Crippen molar-refractivity contribution < 1.29 is 27.8 Å². The maximum absolute atomic E-state index is 14.3. The van der Waals surface area contributed by atoms with Crippen LogP contribution in [0.25, 0.3) is 5.78 Å². The van der Waals surface area contributed by atoms with Gasteiger partial charge in [-0.05, 0) is 57.7 Å². The second kappa shape index (κ2) is 13.6. The highest BCUT2D eigenvalue weighted by atomic mass is 35.5. The van der Waals surface area contributed by atoms with E-state index >= 15 is 0 Å². The number of aromatic hydroxyl groups is 1. The topological polar surface area (TPSA) is 138 Å². The fourth-order valence-corrected chi connectivity index (χ4v) is 7.39. The van der Waals surface area contributed by atoms with Gasteiger partial charge in [0.25, 0.3) is 5.56 Å². The molecule has 0 unspecified atom stereocenters. The Morgan fingerprint density at radius 3 is 2.37 bits per heavy atom. The predicted molar refractivity (Wildman–Crippen MR) is 185 cm³/mol.